The first-order valence-corrected chi connectivity index (χ1v) is 7.61. The summed E-state index contributed by atoms with van der Waals surface area (Å²) in [5, 5.41) is 9.31. The van der Waals surface area contributed by atoms with E-state index in [1.54, 1.807) is 13.8 Å². The van der Waals surface area contributed by atoms with Crippen LogP contribution in [0.5, 0.6) is 0 Å². The Morgan fingerprint density at radius 1 is 1.24 bits per heavy atom. The molecule has 0 aliphatic carbocycles. The first-order chi connectivity index (χ1) is 10.1. The number of aliphatic hydroxyl groups excluding tert-OH is 1. The smallest absolute Gasteiger partial charge is 0.308 e. The molecule has 21 heavy (non-hydrogen) atoms. The van der Waals surface area contributed by atoms with Gasteiger partial charge in [-0.3, -0.25) is 4.79 Å². The Bertz CT molecular complexity index is 389. The number of hydrogen-bond acceptors (Lipinski definition) is 4. The molecule has 0 amide bonds. The molecular weight excluding hydrogens is 268 g/mol. The predicted octanol–water partition coefficient (Wildman–Crippen LogP) is 3.08. The topological polar surface area (TPSA) is 55.8 Å². The quantitative estimate of drug-likeness (QED) is 0.674. The van der Waals surface area contributed by atoms with Gasteiger partial charge in [0.25, 0.3) is 0 Å². The van der Waals surface area contributed by atoms with Gasteiger partial charge in [-0.15, -0.1) is 0 Å². The highest BCUT2D eigenvalue weighted by Gasteiger charge is 2.15. The maximum absolute atomic E-state index is 11.6. The summed E-state index contributed by atoms with van der Waals surface area (Å²) in [5.74, 6) is -0.229. The van der Waals surface area contributed by atoms with E-state index in [1.807, 2.05) is 30.3 Å². The normalized spacial score (nSPS) is 13.7. The van der Waals surface area contributed by atoms with E-state index in [9.17, 15) is 9.90 Å². The Balaban J connectivity index is 2.44. The number of aliphatic hydroxyl groups is 1. The molecule has 0 aliphatic heterocycles. The zero-order valence-corrected chi connectivity index (χ0v) is 13.0. The van der Waals surface area contributed by atoms with Crippen LogP contribution in [0, 0.1) is 0 Å². The fourth-order valence-corrected chi connectivity index (χ4v) is 2.08. The molecule has 0 saturated carbocycles. The molecule has 0 unspecified atom stereocenters. The van der Waals surface area contributed by atoms with Gasteiger partial charge in [0.1, 0.15) is 0 Å². The van der Waals surface area contributed by atoms with E-state index in [1.165, 1.54) is 0 Å². The van der Waals surface area contributed by atoms with Crippen molar-refractivity contribution in [1.82, 2.24) is 0 Å². The summed E-state index contributed by atoms with van der Waals surface area (Å²) in [6, 6.07) is 9.88. The molecule has 118 valence electrons. The van der Waals surface area contributed by atoms with Crippen molar-refractivity contribution in [3.63, 3.8) is 0 Å². The van der Waals surface area contributed by atoms with Gasteiger partial charge >= 0.3 is 5.97 Å². The Kier molecular flexibility index (Phi) is 8.71. The molecule has 0 aliphatic rings. The van der Waals surface area contributed by atoms with Crippen LogP contribution in [-0.2, 0) is 20.9 Å². The molecule has 4 nitrogen and oxygen atoms in total. The van der Waals surface area contributed by atoms with Crippen LogP contribution in [0.25, 0.3) is 0 Å². The molecule has 0 aromatic heterocycles. The first kappa shape index (κ1) is 17.7. The zero-order valence-electron chi connectivity index (χ0n) is 13.0. The fourth-order valence-electron chi connectivity index (χ4n) is 2.08. The molecule has 0 fully saturated rings. The van der Waals surface area contributed by atoms with Crippen LogP contribution in [0.4, 0.5) is 0 Å². The Hall–Kier alpha value is -1.39. The lowest BCUT2D eigenvalue weighted by atomic mass is 10.1. The van der Waals surface area contributed by atoms with E-state index >= 15 is 0 Å². The van der Waals surface area contributed by atoms with Crippen LogP contribution in [0.2, 0.25) is 0 Å². The van der Waals surface area contributed by atoms with Gasteiger partial charge < -0.3 is 14.6 Å². The van der Waals surface area contributed by atoms with E-state index in [-0.39, 0.29) is 24.6 Å². The molecule has 1 aromatic rings. The van der Waals surface area contributed by atoms with Crippen molar-refractivity contribution in [1.29, 1.82) is 0 Å². The lowest BCUT2D eigenvalue weighted by molar-refractivity contribution is -0.146. The number of esters is 1. The lowest BCUT2D eigenvalue weighted by Crippen LogP contribution is -2.20. The third-order valence-corrected chi connectivity index (χ3v) is 3.18. The molecule has 0 saturated heterocycles. The van der Waals surface area contributed by atoms with Crippen LogP contribution in [-0.4, -0.2) is 29.9 Å². The van der Waals surface area contributed by atoms with Gasteiger partial charge in [-0.1, -0.05) is 30.3 Å². The minimum Gasteiger partial charge on any atom is -0.466 e. The second-order valence-corrected chi connectivity index (χ2v) is 5.21. The molecule has 0 heterocycles. The number of benzene rings is 1. The molecule has 1 aromatic carbocycles. The second kappa shape index (κ2) is 10.4. The van der Waals surface area contributed by atoms with E-state index < -0.39 is 0 Å². The van der Waals surface area contributed by atoms with Gasteiger partial charge in [0.05, 0.1) is 31.8 Å². The van der Waals surface area contributed by atoms with Crippen molar-refractivity contribution in [3.05, 3.63) is 35.9 Å². The summed E-state index contributed by atoms with van der Waals surface area (Å²) in [7, 11) is 0. The maximum atomic E-state index is 11.6. The standard InChI is InChI=1S/C17H26O4/c1-3-20-17(19)12-16(11-7-8-14(2)18)21-13-15-9-5-4-6-10-15/h4-6,9-10,14,16,18H,3,7-8,11-13H2,1-2H3/t14-,16+/m1/s1. The molecule has 1 N–H and O–H groups in total. The number of rotatable bonds is 10. The van der Waals surface area contributed by atoms with Crippen molar-refractivity contribution in [2.45, 2.75) is 58.3 Å². The molecule has 1 rings (SSSR count). The van der Waals surface area contributed by atoms with Crippen LogP contribution in [0.1, 0.15) is 45.1 Å². The van der Waals surface area contributed by atoms with Crippen LogP contribution >= 0.6 is 0 Å². The van der Waals surface area contributed by atoms with Crippen molar-refractivity contribution in [3.8, 4) is 0 Å². The highest BCUT2D eigenvalue weighted by molar-refractivity contribution is 5.69. The van der Waals surface area contributed by atoms with Gasteiger partial charge in [0.2, 0.25) is 0 Å². The number of carbonyl (C=O) groups is 1. The summed E-state index contributed by atoms with van der Waals surface area (Å²) in [6.45, 7) is 4.44. The largest absolute Gasteiger partial charge is 0.466 e. The van der Waals surface area contributed by atoms with Crippen LogP contribution in [0.3, 0.4) is 0 Å². The van der Waals surface area contributed by atoms with Gasteiger partial charge in [0.15, 0.2) is 0 Å². The monoisotopic (exact) mass is 294 g/mol. The van der Waals surface area contributed by atoms with E-state index in [2.05, 4.69) is 0 Å². The number of hydrogen-bond donors (Lipinski definition) is 1. The molecule has 4 heteroatoms. The van der Waals surface area contributed by atoms with Crippen molar-refractivity contribution < 1.29 is 19.4 Å². The molecular formula is C17H26O4. The molecule has 2 atom stereocenters. The first-order valence-electron chi connectivity index (χ1n) is 7.61. The second-order valence-electron chi connectivity index (χ2n) is 5.21. The minimum absolute atomic E-state index is 0.164. The Morgan fingerprint density at radius 2 is 1.95 bits per heavy atom. The SMILES string of the molecule is CCOC(=O)C[C@H](CCC[C@@H](C)O)OCc1ccccc1. The summed E-state index contributed by atoms with van der Waals surface area (Å²) in [5.41, 5.74) is 1.09. The van der Waals surface area contributed by atoms with Crippen molar-refractivity contribution in [2.75, 3.05) is 6.61 Å². The van der Waals surface area contributed by atoms with Gasteiger partial charge in [-0.25, -0.2) is 0 Å². The maximum Gasteiger partial charge on any atom is 0.308 e. The summed E-state index contributed by atoms with van der Waals surface area (Å²) in [6.07, 6.45) is 2.08. The van der Waals surface area contributed by atoms with Gasteiger partial charge in [-0.05, 0) is 38.7 Å². The molecule has 0 spiro atoms. The predicted molar refractivity (Wildman–Crippen MR) is 81.8 cm³/mol. The lowest BCUT2D eigenvalue weighted by Gasteiger charge is -2.17. The zero-order chi connectivity index (χ0) is 15.5. The Morgan fingerprint density at radius 3 is 2.57 bits per heavy atom. The number of ether oxygens (including phenoxy) is 2. The Labute approximate surface area is 127 Å². The fraction of sp³-hybridized carbons (Fsp3) is 0.588. The van der Waals surface area contributed by atoms with E-state index in [0.717, 1.165) is 18.4 Å². The van der Waals surface area contributed by atoms with Crippen molar-refractivity contribution in [2.24, 2.45) is 0 Å². The van der Waals surface area contributed by atoms with E-state index in [0.29, 0.717) is 19.6 Å². The van der Waals surface area contributed by atoms with Gasteiger partial charge in [0, 0.05) is 0 Å². The third kappa shape index (κ3) is 8.48. The van der Waals surface area contributed by atoms with Crippen LogP contribution < -0.4 is 0 Å². The molecule has 0 bridgehead atoms. The highest BCUT2D eigenvalue weighted by Crippen LogP contribution is 2.14. The minimum atomic E-state index is -0.317. The highest BCUT2D eigenvalue weighted by atomic mass is 16.5. The van der Waals surface area contributed by atoms with Gasteiger partial charge in [-0.2, -0.15) is 0 Å². The summed E-state index contributed by atoms with van der Waals surface area (Å²) < 4.78 is 10.8. The average molecular weight is 294 g/mol. The van der Waals surface area contributed by atoms with Crippen molar-refractivity contribution >= 4 is 5.97 Å². The summed E-state index contributed by atoms with van der Waals surface area (Å²) >= 11 is 0. The van der Waals surface area contributed by atoms with E-state index in [4.69, 9.17) is 9.47 Å². The average Bonchev–Trinajstić information content (AvgIpc) is 2.45. The number of carbonyl (C=O) groups excluding carboxylic acids is 1. The van der Waals surface area contributed by atoms with Crippen LogP contribution in [0.15, 0.2) is 30.3 Å². The molecule has 0 radical (unpaired) electrons. The third-order valence-electron chi connectivity index (χ3n) is 3.18. The summed E-state index contributed by atoms with van der Waals surface area (Å²) in [4.78, 5) is 11.6.